The average Bonchev–Trinajstić information content (AvgIpc) is 2.48. The van der Waals surface area contributed by atoms with Crippen molar-refractivity contribution in [1.29, 1.82) is 0 Å². The van der Waals surface area contributed by atoms with E-state index in [0.29, 0.717) is 0 Å². The molecule has 0 fully saturated rings. The van der Waals surface area contributed by atoms with Crippen molar-refractivity contribution >= 4 is 5.97 Å². The molecule has 2 aromatic carbocycles. The van der Waals surface area contributed by atoms with E-state index in [1.807, 2.05) is 42.5 Å². The smallest absolute Gasteiger partial charge is 0.307 e. The standard InChI is InChI=1S/C16H17NO2/c1-19-16(18)11-15(17)14-9-7-13(8-10-14)12-5-3-2-4-6-12/h2-10,15H,11,17H2,1H3/t15-/m1/s1. The van der Waals surface area contributed by atoms with Gasteiger partial charge in [-0.05, 0) is 16.7 Å². The quantitative estimate of drug-likeness (QED) is 0.855. The average molecular weight is 255 g/mol. The highest BCUT2D eigenvalue weighted by Crippen LogP contribution is 2.22. The van der Waals surface area contributed by atoms with Crippen molar-refractivity contribution in [2.24, 2.45) is 5.73 Å². The van der Waals surface area contributed by atoms with Gasteiger partial charge in [0.1, 0.15) is 0 Å². The van der Waals surface area contributed by atoms with Gasteiger partial charge in [-0.15, -0.1) is 0 Å². The van der Waals surface area contributed by atoms with Crippen molar-refractivity contribution in [3.8, 4) is 11.1 Å². The fourth-order valence-electron chi connectivity index (χ4n) is 1.93. The third-order valence-electron chi connectivity index (χ3n) is 3.06. The number of hydrogen-bond acceptors (Lipinski definition) is 3. The maximum atomic E-state index is 11.2. The normalized spacial score (nSPS) is 11.9. The molecule has 0 saturated heterocycles. The van der Waals surface area contributed by atoms with Crippen LogP contribution in [-0.2, 0) is 9.53 Å². The zero-order valence-electron chi connectivity index (χ0n) is 10.9. The van der Waals surface area contributed by atoms with Crippen LogP contribution < -0.4 is 5.73 Å². The van der Waals surface area contributed by atoms with Gasteiger partial charge in [0.15, 0.2) is 0 Å². The SMILES string of the molecule is COC(=O)C[C@@H](N)c1ccc(-c2ccccc2)cc1. The molecule has 0 aliphatic rings. The van der Waals surface area contributed by atoms with Gasteiger partial charge in [-0.3, -0.25) is 4.79 Å². The molecule has 98 valence electrons. The van der Waals surface area contributed by atoms with E-state index in [1.165, 1.54) is 7.11 Å². The number of ether oxygens (including phenoxy) is 1. The Balaban J connectivity index is 2.12. The molecule has 0 bridgehead atoms. The molecule has 1 atom stereocenters. The number of benzene rings is 2. The van der Waals surface area contributed by atoms with Crippen LogP contribution in [0.4, 0.5) is 0 Å². The Morgan fingerprint density at radius 1 is 1.05 bits per heavy atom. The van der Waals surface area contributed by atoms with Gasteiger partial charge in [-0.25, -0.2) is 0 Å². The highest BCUT2D eigenvalue weighted by atomic mass is 16.5. The lowest BCUT2D eigenvalue weighted by Gasteiger charge is -2.11. The summed E-state index contributed by atoms with van der Waals surface area (Å²) in [7, 11) is 1.37. The maximum Gasteiger partial charge on any atom is 0.307 e. The Labute approximate surface area is 113 Å². The lowest BCUT2D eigenvalue weighted by molar-refractivity contribution is -0.141. The second kappa shape index (κ2) is 6.16. The zero-order valence-corrected chi connectivity index (χ0v) is 10.9. The van der Waals surface area contributed by atoms with Gasteiger partial charge in [0.05, 0.1) is 13.5 Å². The van der Waals surface area contributed by atoms with Gasteiger partial charge in [-0.1, -0.05) is 54.6 Å². The van der Waals surface area contributed by atoms with Crippen molar-refractivity contribution < 1.29 is 9.53 Å². The number of carbonyl (C=O) groups is 1. The number of methoxy groups -OCH3 is 1. The number of hydrogen-bond donors (Lipinski definition) is 1. The van der Waals surface area contributed by atoms with Crippen LogP contribution in [0.15, 0.2) is 54.6 Å². The first kappa shape index (κ1) is 13.3. The van der Waals surface area contributed by atoms with E-state index in [1.54, 1.807) is 0 Å². The molecule has 2 rings (SSSR count). The molecule has 0 aromatic heterocycles. The fraction of sp³-hybridized carbons (Fsp3) is 0.188. The van der Waals surface area contributed by atoms with E-state index in [-0.39, 0.29) is 18.4 Å². The van der Waals surface area contributed by atoms with Crippen LogP contribution in [0.2, 0.25) is 0 Å². The summed E-state index contributed by atoms with van der Waals surface area (Å²) in [6.45, 7) is 0. The number of esters is 1. The van der Waals surface area contributed by atoms with E-state index >= 15 is 0 Å². The highest BCUT2D eigenvalue weighted by molar-refractivity contribution is 5.70. The second-order valence-corrected chi connectivity index (χ2v) is 4.37. The molecule has 0 radical (unpaired) electrons. The molecule has 0 aliphatic carbocycles. The summed E-state index contributed by atoms with van der Waals surface area (Å²) in [6.07, 6.45) is 0.196. The summed E-state index contributed by atoms with van der Waals surface area (Å²) < 4.78 is 4.62. The van der Waals surface area contributed by atoms with E-state index in [0.717, 1.165) is 16.7 Å². The van der Waals surface area contributed by atoms with Crippen LogP contribution in [0.1, 0.15) is 18.0 Å². The van der Waals surface area contributed by atoms with Gasteiger partial charge in [0, 0.05) is 6.04 Å². The predicted octanol–water partition coefficient (Wildman–Crippen LogP) is 2.92. The molecular formula is C16H17NO2. The van der Waals surface area contributed by atoms with Crippen LogP contribution in [0.3, 0.4) is 0 Å². The van der Waals surface area contributed by atoms with Crippen LogP contribution >= 0.6 is 0 Å². The fourth-order valence-corrected chi connectivity index (χ4v) is 1.93. The summed E-state index contributed by atoms with van der Waals surface area (Å²) in [5.41, 5.74) is 9.19. The Kier molecular flexibility index (Phi) is 4.31. The van der Waals surface area contributed by atoms with E-state index < -0.39 is 0 Å². The van der Waals surface area contributed by atoms with Crippen molar-refractivity contribution in [2.75, 3.05) is 7.11 Å². The van der Waals surface area contributed by atoms with Crippen molar-refractivity contribution in [2.45, 2.75) is 12.5 Å². The lowest BCUT2D eigenvalue weighted by Crippen LogP contribution is -2.16. The minimum atomic E-state index is -0.322. The van der Waals surface area contributed by atoms with Crippen LogP contribution in [-0.4, -0.2) is 13.1 Å². The van der Waals surface area contributed by atoms with Crippen molar-refractivity contribution in [3.05, 3.63) is 60.2 Å². The van der Waals surface area contributed by atoms with Gasteiger partial charge < -0.3 is 10.5 Å². The predicted molar refractivity (Wildman–Crippen MR) is 75.4 cm³/mol. The number of nitrogens with two attached hydrogens (primary N) is 1. The molecule has 2 aromatic rings. The topological polar surface area (TPSA) is 52.3 Å². The minimum Gasteiger partial charge on any atom is -0.469 e. The van der Waals surface area contributed by atoms with Gasteiger partial charge in [0.2, 0.25) is 0 Å². The Morgan fingerprint density at radius 3 is 2.21 bits per heavy atom. The largest absolute Gasteiger partial charge is 0.469 e. The van der Waals surface area contributed by atoms with Gasteiger partial charge in [-0.2, -0.15) is 0 Å². The summed E-state index contributed by atoms with van der Waals surface area (Å²) in [5, 5.41) is 0. The Hall–Kier alpha value is -2.13. The summed E-state index contributed by atoms with van der Waals surface area (Å²) >= 11 is 0. The lowest BCUT2D eigenvalue weighted by atomic mass is 10.00. The highest BCUT2D eigenvalue weighted by Gasteiger charge is 2.11. The first-order chi connectivity index (χ1) is 9.20. The molecule has 0 amide bonds. The Bertz CT molecular complexity index is 534. The minimum absolute atomic E-state index is 0.196. The molecule has 3 nitrogen and oxygen atoms in total. The molecule has 0 saturated carbocycles. The third kappa shape index (κ3) is 3.42. The molecule has 0 spiro atoms. The van der Waals surface area contributed by atoms with E-state index in [9.17, 15) is 4.79 Å². The monoisotopic (exact) mass is 255 g/mol. The van der Waals surface area contributed by atoms with Gasteiger partial charge >= 0.3 is 5.97 Å². The molecule has 0 aliphatic heterocycles. The van der Waals surface area contributed by atoms with E-state index in [2.05, 4.69) is 16.9 Å². The first-order valence-corrected chi connectivity index (χ1v) is 6.18. The molecule has 0 heterocycles. The second-order valence-electron chi connectivity index (χ2n) is 4.37. The third-order valence-corrected chi connectivity index (χ3v) is 3.06. The van der Waals surface area contributed by atoms with Crippen LogP contribution in [0.5, 0.6) is 0 Å². The molecular weight excluding hydrogens is 238 g/mol. The van der Waals surface area contributed by atoms with Crippen LogP contribution in [0, 0.1) is 0 Å². The van der Waals surface area contributed by atoms with Gasteiger partial charge in [0.25, 0.3) is 0 Å². The van der Waals surface area contributed by atoms with E-state index in [4.69, 9.17) is 5.73 Å². The molecule has 2 N–H and O–H groups in total. The summed E-state index contributed by atoms with van der Waals surface area (Å²) in [5.74, 6) is -0.292. The van der Waals surface area contributed by atoms with Crippen LogP contribution in [0.25, 0.3) is 11.1 Å². The summed E-state index contributed by atoms with van der Waals surface area (Å²) in [4.78, 5) is 11.2. The molecule has 0 unspecified atom stereocenters. The number of carbonyl (C=O) groups excluding carboxylic acids is 1. The number of rotatable bonds is 4. The Morgan fingerprint density at radius 2 is 1.63 bits per heavy atom. The maximum absolute atomic E-state index is 11.2. The van der Waals surface area contributed by atoms with Crippen molar-refractivity contribution in [3.63, 3.8) is 0 Å². The zero-order chi connectivity index (χ0) is 13.7. The summed E-state index contributed by atoms with van der Waals surface area (Å²) in [6, 6.07) is 17.7. The first-order valence-electron chi connectivity index (χ1n) is 6.18. The van der Waals surface area contributed by atoms with Crippen molar-refractivity contribution in [1.82, 2.24) is 0 Å². The molecule has 19 heavy (non-hydrogen) atoms. The molecule has 3 heteroatoms.